The first-order valence-electron chi connectivity index (χ1n) is 11.6. The average molecular weight is 443 g/mol. The van der Waals surface area contributed by atoms with E-state index in [2.05, 4.69) is 121 Å². The normalized spacial score (nSPS) is 12.5. The molecule has 0 atom stereocenters. The fourth-order valence-corrected chi connectivity index (χ4v) is 5.85. The molecular formula is C30H36NS+. The van der Waals surface area contributed by atoms with Gasteiger partial charge < -0.3 is 0 Å². The Morgan fingerprint density at radius 3 is 2.19 bits per heavy atom. The predicted molar refractivity (Wildman–Crippen MR) is 140 cm³/mol. The van der Waals surface area contributed by atoms with E-state index in [-0.39, 0.29) is 5.41 Å². The monoisotopic (exact) mass is 442 g/mol. The second kappa shape index (κ2) is 8.15. The summed E-state index contributed by atoms with van der Waals surface area (Å²) in [5.41, 5.74) is 7.03. The average Bonchev–Trinajstić information content (AvgIpc) is 3.15. The fourth-order valence-electron chi connectivity index (χ4n) is 4.55. The van der Waals surface area contributed by atoms with Crippen molar-refractivity contribution < 1.29 is 4.57 Å². The Bertz CT molecular complexity index is 1280. The molecule has 0 bridgehead atoms. The predicted octanol–water partition coefficient (Wildman–Crippen LogP) is 8.25. The van der Waals surface area contributed by atoms with E-state index in [9.17, 15) is 0 Å². The quantitative estimate of drug-likeness (QED) is 0.281. The zero-order valence-electron chi connectivity index (χ0n) is 20.8. The number of hydrogen-bond acceptors (Lipinski definition) is 1. The highest BCUT2D eigenvalue weighted by Gasteiger charge is 2.23. The van der Waals surface area contributed by atoms with Crippen LogP contribution >= 0.6 is 11.3 Å². The zero-order valence-corrected chi connectivity index (χ0v) is 21.7. The number of nitrogens with zero attached hydrogens (tertiary/aromatic N) is 1. The third-order valence-electron chi connectivity index (χ3n) is 6.20. The van der Waals surface area contributed by atoms with E-state index >= 15 is 0 Å². The lowest BCUT2D eigenvalue weighted by atomic mass is 9.80. The molecule has 2 heterocycles. The van der Waals surface area contributed by atoms with E-state index in [1.165, 1.54) is 48.5 Å². The first-order chi connectivity index (χ1) is 14.9. The summed E-state index contributed by atoms with van der Waals surface area (Å²) in [6.07, 6.45) is 3.32. The Morgan fingerprint density at radius 2 is 1.53 bits per heavy atom. The highest BCUT2D eigenvalue weighted by Crippen LogP contribution is 2.38. The Balaban J connectivity index is 1.87. The molecule has 2 aromatic heterocycles. The molecule has 166 valence electrons. The summed E-state index contributed by atoms with van der Waals surface area (Å²) in [4.78, 5) is 2.81. The molecule has 0 unspecified atom stereocenters. The molecule has 4 rings (SSSR count). The molecule has 32 heavy (non-hydrogen) atoms. The second-order valence-electron chi connectivity index (χ2n) is 11.3. The van der Waals surface area contributed by atoms with Crippen LogP contribution < -0.4 is 4.57 Å². The van der Waals surface area contributed by atoms with Crippen LogP contribution in [0.5, 0.6) is 0 Å². The van der Waals surface area contributed by atoms with Gasteiger partial charge in [0.25, 0.3) is 0 Å². The molecule has 0 fully saturated rings. The minimum Gasteiger partial charge on any atom is -0.201 e. The molecule has 0 saturated carbocycles. The highest BCUT2D eigenvalue weighted by atomic mass is 32.1. The minimum atomic E-state index is 0.0772. The summed E-state index contributed by atoms with van der Waals surface area (Å²) in [5.74, 6) is 0. The van der Waals surface area contributed by atoms with Crippen molar-refractivity contribution in [2.45, 2.75) is 60.3 Å². The number of aromatic nitrogens is 1. The van der Waals surface area contributed by atoms with Crippen molar-refractivity contribution >= 4 is 22.1 Å². The summed E-state index contributed by atoms with van der Waals surface area (Å²) < 4.78 is 2.26. The summed E-state index contributed by atoms with van der Waals surface area (Å²) in [5, 5.41) is 2.72. The second-order valence-corrected chi connectivity index (χ2v) is 12.5. The van der Waals surface area contributed by atoms with Gasteiger partial charge in [-0.3, -0.25) is 0 Å². The molecule has 4 aromatic rings. The van der Waals surface area contributed by atoms with Crippen molar-refractivity contribution in [3.8, 4) is 21.7 Å². The lowest BCUT2D eigenvalue weighted by Crippen LogP contribution is -2.30. The van der Waals surface area contributed by atoms with E-state index < -0.39 is 0 Å². The summed E-state index contributed by atoms with van der Waals surface area (Å²) >= 11 is 1.93. The van der Waals surface area contributed by atoms with Crippen molar-refractivity contribution in [3.05, 3.63) is 76.8 Å². The number of pyridine rings is 1. The van der Waals surface area contributed by atoms with E-state index in [4.69, 9.17) is 0 Å². The van der Waals surface area contributed by atoms with Crippen molar-refractivity contribution in [2.24, 2.45) is 12.5 Å². The maximum absolute atomic E-state index is 2.43. The van der Waals surface area contributed by atoms with Crippen LogP contribution in [0.25, 0.3) is 32.5 Å². The van der Waals surface area contributed by atoms with Crippen LogP contribution in [-0.4, -0.2) is 0 Å². The van der Waals surface area contributed by atoms with Crippen LogP contribution in [-0.2, 0) is 18.9 Å². The highest BCUT2D eigenvalue weighted by molar-refractivity contribution is 7.15. The van der Waals surface area contributed by atoms with Gasteiger partial charge in [-0.05, 0) is 64.3 Å². The number of aryl methyl sites for hydroxylation is 2. The molecule has 0 saturated heterocycles. The Morgan fingerprint density at radius 1 is 0.844 bits per heavy atom. The Labute approximate surface area is 197 Å². The van der Waals surface area contributed by atoms with Crippen molar-refractivity contribution in [1.29, 1.82) is 0 Å². The van der Waals surface area contributed by atoms with Crippen LogP contribution in [0.1, 0.15) is 57.5 Å². The molecule has 2 heteroatoms. The van der Waals surface area contributed by atoms with E-state index in [0.717, 1.165) is 6.42 Å². The van der Waals surface area contributed by atoms with Gasteiger partial charge in [-0.15, -0.1) is 11.3 Å². The maximum atomic E-state index is 2.43. The molecule has 0 amide bonds. The number of rotatable bonds is 3. The number of thiophene rings is 1. The first kappa shape index (κ1) is 22.7. The summed E-state index contributed by atoms with van der Waals surface area (Å²) in [6.45, 7) is 16.1. The van der Waals surface area contributed by atoms with E-state index in [1.807, 2.05) is 11.3 Å². The number of benzene rings is 2. The molecule has 1 nitrogen and oxygen atoms in total. The largest absolute Gasteiger partial charge is 0.213 e. The molecular weight excluding hydrogens is 406 g/mol. The van der Waals surface area contributed by atoms with Gasteiger partial charge >= 0.3 is 0 Å². The van der Waals surface area contributed by atoms with Gasteiger partial charge in [0.2, 0.25) is 5.69 Å². The van der Waals surface area contributed by atoms with Crippen LogP contribution in [0.2, 0.25) is 0 Å². The van der Waals surface area contributed by atoms with Gasteiger partial charge in [0, 0.05) is 33.0 Å². The van der Waals surface area contributed by atoms with Gasteiger partial charge in [0.15, 0.2) is 6.20 Å². The van der Waals surface area contributed by atoms with Crippen molar-refractivity contribution in [1.82, 2.24) is 0 Å². The van der Waals surface area contributed by atoms with E-state index in [1.54, 1.807) is 0 Å². The maximum Gasteiger partial charge on any atom is 0.213 e. The zero-order chi connectivity index (χ0) is 23.3. The van der Waals surface area contributed by atoms with Gasteiger partial charge in [-0.2, -0.15) is 0 Å². The van der Waals surface area contributed by atoms with Crippen LogP contribution in [0, 0.1) is 12.3 Å². The van der Waals surface area contributed by atoms with Gasteiger partial charge in [-0.25, -0.2) is 4.57 Å². The third-order valence-corrected chi connectivity index (χ3v) is 7.33. The Kier molecular flexibility index (Phi) is 5.79. The summed E-state index contributed by atoms with van der Waals surface area (Å²) in [6, 6.07) is 20.5. The van der Waals surface area contributed by atoms with Crippen LogP contribution in [0.15, 0.2) is 60.8 Å². The van der Waals surface area contributed by atoms with Gasteiger partial charge in [0.05, 0.1) is 0 Å². The van der Waals surface area contributed by atoms with E-state index in [0.29, 0.717) is 5.41 Å². The number of hydrogen-bond donors (Lipinski definition) is 0. The molecule has 0 spiro atoms. The SMILES string of the molecule is Cc1c(-c2cc(-c3ccc(CC(C)(C)C)s3)cc[n+]2C)cc(C(C)(C)C)c2ccccc12. The van der Waals surface area contributed by atoms with Gasteiger partial charge in [-0.1, -0.05) is 65.8 Å². The van der Waals surface area contributed by atoms with Crippen LogP contribution in [0.3, 0.4) is 0 Å². The number of fused-ring (bicyclic) bond motifs is 1. The third kappa shape index (κ3) is 4.52. The Hall–Kier alpha value is -2.45. The first-order valence-corrected chi connectivity index (χ1v) is 12.4. The minimum absolute atomic E-state index is 0.0772. The summed E-state index contributed by atoms with van der Waals surface area (Å²) in [7, 11) is 2.16. The lowest BCUT2D eigenvalue weighted by Gasteiger charge is -2.24. The molecule has 0 aliphatic heterocycles. The molecule has 0 aliphatic carbocycles. The molecule has 0 aliphatic rings. The lowest BCUT2D eigenvalue weighted by molar-refractivity contribution is -0.660. The van der Waals surface area contributed by atoms with Crippen molar-refractivity contribution in [3.63, 3.8) is 0 Å². The van der Waals surface area contributed by atoms with Gasteiger partial charge in [0.1, 0.15) is 7.05 Å². The molecule has 0 N–H and O–H groups in total. The fraction of sp³-hybridized carbons (Fsp3) is 0.367. The topological polar surface area (TPSA) is 3.88 Å². The van der Waals surface area contributed by atoms with Crippen molar-refractivity contribution in [2.75, 3.05) is 0 Å². The van der Waals surface area contributed by atoms with Crippen LogP contribution in [0.4, 0.5) is 0 Å². The standard InChI is InChI=1S/C30H36NS/c1-20-23-11-9-10-12-24(23)26(30(5,6)7)18-25(20)27-17-21(15-16-31(27)8)28-14-13-22(32-28)19-29(2,3)4/h9-18H,19H2,1-8H3/q+1. The smallest absolute Gasteiger partial charge is 0.201 e. The molecule has 0 radical (unpaired) electrons. The molecule has 2 aromatic carbocycles.